The molecule has 2 nitrogen and oxygen atoms in total. The van der Waals surface area contributed by atoms with Gasteiger partial charge in [0.15, 0.2) is 0 Å². The van der Waals surface area contributed by atoms with Crippen LogP contribution in [0.25, 0.3) is 0 Å². The Bertz CT molecular complexity index is 691. The topological polar surface area (TPSA) is 34.1 Å². The van der Waals surface area contributed by atoms with Crippen molar-refractivity contribution in [2.75, 3.05) is 0 Å². The second kappa shape index (κ2) is 4.75. The number of sulfone groups is 1. The monoisotopic (exact) mass is 280 g/mol. The summed E-state index contributed by atoms with van der Waals surface area (Å²) in [6.07, 6.45) is 0. The van der Waals surface area contributed by atoms with Crippen LogP contribution in [0, 0.1) is 13.8 Å². The first-order chi connectivity index (χ1) is 8.43. The molecule has 0 bridgehead atoms. The second-order valence-electron chi connectivity index (χ2n) is 4.20. The lowest BCUT2D eigenvalue weighted by Gasteiger charge is -2.09. The fraction of sp³-hybridized carbons (Fsp3) is 0.143. The fourth-order valence-corrected chi connectivity index (χ4v) is 3.87. The summed E-state index contributed by atoms with van der Waals surface area (Å²) in [6.45, 7) is 3.72. The fourth-order valence-electron chi connectivity index (χ4n) is 1.88. The van der Waals surface area contributed by atoms with Crippen molar-refractivity contribution < 1.29 is 8.42 Å². The van der Waals surface area contributed by atoms with E-state index < -0.39 is 9.84 Å². The summed E-state index contributed by atoms with van der Waals surface area (Å²) in [6, 6.07) is 11.8. The van der Waals surface area contributed by atoms with Crippen LogP contribution < -0.4 is 0 Å². The van der Waals surface area contributed by atoms with E-state index >= 15 is 0 Å². The zero-order valence-corrected chi connectivity index (χ0v) is 11.7. The zero-order chi connectivity index (χ0) is 13.3. The second-order valence-corrected chi connectivity index (χ2v) is 6.50. The Kier molecular flexibility index (Phi) is 3.46. The molecule has 2 aromatic carbocycles. The Labute approximate surface area is 112 Å². The average molecular weight is 281 g/mol. The van der Waals surface area contributed by atoms with Gasteiger partial charge in [0.2, 0.25) is 9.84 Å². The molecule has 0 saturated carbocycles. The maximum atomic E-state index is 12.5. The van der Waals surface area contributed by atoms with Gasteiger partial charge in [0.1, 0.15) is 0 Å². The predicted molar refractivity (Wildman–Crippen MR) is 72.8 cm³/mol. The summed E-state index contributed by atoms with van der Waals surface area (Å²) in [5, 5.41) is 0.248. The summed E-state index contributed by atoms with van der Waals surface area (Å²) in [5.41, 5.74) is 1.76. The lowest BCUT2D eigenvalue weighted by atomic mass is 10.2. The van der Waals surface area contributed by atoms with Crippen LogP contribution in [0.15, 0.2) is 52.3 Å². The first-order valence-corrected chi connectivity index (χ1v) is 7.36. The molecule has 0 radical (unpaired) electrons. The van der Waals surface area contributed by atoms with Crippen molar-refractivity contribution in [1.82, 2.24) is 0 Å². The number of halogens is 1. The lowest BCUT2D eigenvalue weighted by Crippen LogP contribution is -2.05. The van der Waals surface area contributed by atoms with Gasteiger partial charge in [-0.15, -0.1) is 0 Å². The van der Waals surface area contributed by atoms with Gasteiger partial charge in [0.25, 0.3) is 0 Å². The molecule has 0 atom stereocenters. The molecule has 0 aromatic heterocycles. The van der Waals surface area contributed by atoms with Crippen molar-refractivity contribution in [3.63, 3.8) is 0 Å². The van der Waals surface area contributed by atoms with Crippen molar-refractivity contribution in [3.05, 3.63) is 58.6 Å². The summed E-state index contributed by atoms with van der Waals surface area (Å²) < 4.78 is 25.0. The Balaban J connectivity index is 2.66. The maximum absolute atomic E-state index is 12.5. The molecule has 0 aliphatic heterocycles. The average Bonchev–Trinajstić information content (AvgIpc) is 2.28. The van der Waals surface area contributed by atoms with E-state index in [1.807, 2.05) is 13.0 Å². The molecule has 0 fully saturated rings. The minimum absolute atomic E-state index is 0.151. The first kappa shape index (κ1) is 13.1. The van der Waals surface area contributed by atoms with Crippen LogP contribution in [-0.4, -0.2) is 8.42 Å². The van der Waals surface area contributed by atoms with Crippen LogP contribution in [0.2, 0.25) is 5.02 Å². The Hall–Kier alpha value is -1.32. The van der Waals surface area contributed by atoms with E-state index in [0.29, 0.717) is 4.90 Å². The third-order valence-electron chi connectivity index (χ3n) is 2.75. The molecule has 0 saturated heterocycles. The normalized spacial score (nSPS) is 11.5. The largest absolute Gasteiger partial charge is 0.218 e. The van der Waals surface area contributed by atoms with Gasteiger partial charge in [-0.1, -0.05) is 41.4 Å². The van der Waals surface area contributed by atoms with Gasteiger partial charge in [-0.2, -0.15) is 0 Å². The van der Waals surface area contributed by atoms with E-state index in [2.05, 4.69) is 0 Å². The van der Waals surface area contributed by atoms with Crippen molar-refractivity contribution in [3.8, 4) is 0 Å². The molecular weight excluding hydrogens is 268 g/mol. The van der Waals surface area contributed by atoms with Crippen LogP contribution >= 0.6 is 11.6 Å². The van der Waals surface area contributed by atoms with Crippen molar-refractivity contribution in [2.45, 2.75) is 23.6 Å². The molecule has 18 heavy (non-hydrogen) atoms. The highest BCUT2D eigenvalue weighted by molar-refractivity contribution is 7.91. The third kappa shape index (κ3) is 2.28. The molecule has 0 spiro atoms. The molecule has 0 amide bonds. The van der Waals surface area contributed by atoms with E-state index in [4.69, 9.17) is 11.6 Å². The standard InChI is InChI=1S/C14H13ClO2S/c1-10-7-8-13(11(2)9-10)18(16,17)14-6-4-3-5-12(14)15/h3-9H,1-2H3. The minimum Gasteiger partial charge on any atom is -0.218 e. The first-order valence-electron chi connectivity index (χ1n) is 5.50. The smallest absolute Gasteiger partial charge is 0.208 e. The van der Waals surface area contributed by atoms with Gasteiger partial charge in [-0.05, 0) is 37.6 Å². The van der Waals surface area contributed by atoms with E-state index in [9.17, 15) is 8.42 Å². The van der Waals surface area contributed by atoms with Gasteiger partial charge >= 0.3 is 0 Å². The SMILES string of the molecule is Cc1ccc(S(=O)(=O)c2ccccc2Cl)c(C)c1. The van der Waals surface area contributed by atoms with Gasteiger partial charge in [-0.25, -0.2) is 8.42 Å². The van der Waals surface area contributed by atoms with Crippen molar-refractivity contribution in [2.24, 2.45) is 0 Å². The van der Waals surface area contributed by atoms with Gasteiger partial charge in [0.05, 0.1) is 14.8 Å². The van der Waals surface area contributed by atoms with Gasteiger partial charge in [-0.3, -0.25) is 0 Å². The molecule has 2 rings (SSSR count). The molecule has 4 heteroatoms. The van der Waals surface area contributed by atoms with Gasteiger partial charge < -0.3 is 0 Å². The number of rotatable bonds is 2. The Morgan fingerprint density at radius 1 is 0.944 bits per heavy atom. The number of benzene rings is 2. The minimum atomic E-state index is -3.55. The Morgan fingerprint density at radius 3 is 2.22 bits per heavy atom. The van der Waals surface area contributed by atoms with Crippen LogP contribution in [0.4, 0.5) is 0 Å². The number of hydrogen-bond acceptors (Lipinski definition) is 2. The Morgan fingerprint density at radius 2 is 1.61 bits per heavy atom. The maximum Gasteiger partial charge on any atom is 0.208 e. The number of hydrogen-bond donors (Lipinski definition) is 0. The summed E-state index contributed by atoms with van der Waals surface area (Å²) >= 11 is 5.96. The molecule has 0 heterocycles. The summed E-state index contributed by atoms with van der Waals surface area (Å²) in [5.74, 6) is 0. The predicted octanol–water partition coefficient (Wildman–Crippen LogP) is 3.79. The highest BCUT2D eigenvalue weighted by Gasteiger charge is 2.22. The molecule has 0 unspecified atom stereocenters. The highest BCUT2D eigenvalue weighted by atomic mass is 35.5. The third-order valence-corrected chi connectivity index (χ3v) is 5.16. The van der Waals surface area contributed by atoms with E-state index in [1.54, 1.807) is 37.3 Å². The van der Waals surface area contributed by atoms with Crippen LogP contribution in [-0.2, 0) is 9.84 Å². The molecule has 0 N–H and O–H groups in total. The van der Waals surface area contributed by atoms with E-state index in [-0.39, 0.29) is 9.92 Å². The van der Waals surface area contributed by atoms with E-state index in [0.717, 1.165) is 11.1 Å². The van der Waals surface area contributed by atoms with E-state index in [1.165, 1.54) is 6.07 Å². The van der Waals surface area contributed by atoms with Gasteiger partial charge in [0, 0.05) is 0 Å². The quantitative estimate of drug-likeness (QED) is 0.839. The molecule has 0 aliphatic carbocycles. The summed E-state index contributed by atoms with van der Waals surface area (Å²) in [7, 11) is -3.55. The molecule has 0 aliphatic rings. The zero-order valence-electron chi connectivity index (χ0n) is 10.1. The molecule has 2 aromatic rings. The van der Waals surface area contributed by atoms with Crippen LogP contribution in [0.3, 0.4) is 0 Å². The van der Waals surface area contributed by atoms with Crippen molar-refractivity contribution in [1.29, 1.82) is 0 Å². The van der Waals surface area contributed by atoms with Crippen LogP contribution in [0.1, 0.15) is 11.1 Å². The number of aryl methyl sites for hydroxylation is 2. The summed E-state index contributed by atoms with van der Waals surface area (Å²) in [4.78, 5) is 0.458. The van der Waals surface area contributed by atoms with Crippen molar-refractivity contribution >= 4 is 21.4 Å². The molecular formula is C14H13ClO2S. The highest BCUT2D eigenvalue weighted by Crippen LogP contribution is 2.29. The van der Waals surface area contributed by atoms with Crippen LogP contribution in [0.5, 0.6) is 0 Å². The lowest BCUT2D eigenvalue weighted by molar-refractivity contribution is 0.595. The molecule has 94 valence electrons.